The van der Waals surface area contributed by atoms with Crippen LogP contribution in [-0.4, -0.2) is 72.6 Å². The van der Waals surface area contributed by atoms with Crippen molar-refractivity contribution in [2.24, 2.45) is 0 Å². The lowest BCUT2D eigenvalue weighted by Gasteiger charge is -2.35. The second-order valence-electron chi connectivity index (χ2n) is 13.0. The van der Waals surface area contributed by atoms with Gasteiger partial charge in [0.15, 0.2) is 0 Å². The summed E-state index contributed by atoms with van der Waals surface area (Å²) in [4.78, 5) is 31.3. The molecule has 3 heterocycles. The first kappa shape index (κ1) is 30.4. The molecule has 10 heteroatoms. The predicted octanol–water partition coefficient (Wildman–Crippen LogP) is 5.36. The Bertz CT molecular complexity index is 1540. The van der Waals surface area contributed by atoms with Crippen LogP contribution in [0.25, 0.3) is 22.2 Å². The fourth-order valence-corrected chi connectivity index (χ4v) is 7.03. The van der Waals surface area contributed by atoms with Crippen LogP contribution in [-0.2, 0) is 21.4 Å². The average Bonchev–Trinajstić information content (AvgIpc) is 3.59. The molecule has 1 saturated carbocycles. The van der Waals surface area contributed by atoms with E-state index in [-0.39, 0.29) is 24.1 Å². The monoisotopic (exact) mass is 596 g/mol. The molecule has 1 aliphatic heterocycles. The van der Waals surface area contributed by atoms with Gasteiger partial charge < -0.3 is 18.8 Å². The number of carbonyl (C=O) groups excluding carboxylic acids is 2. The van der Waals surface area contributed by atoms with Crippen molar-refractivity contribution in [2.75, 3.05) is 27.2 Å². The molecule has 228 valence electrons. The third-order valence-electron chi connectivity index (χ3n) is 9.13. The Morgan fingerprint density at radius 2 is 1.74 bits per heavy atom. The standard InChI is InChI=1S/C32H44N4O5S/c1-32(2,3)42(39,40)33-31(38)23-11-12-26-27(19-23)36(20-28(37)35(5)25-13-16-34(4)17-14-25)30(24-15-18-41-21-24)29(26)22-9-7-6-8-10-22/h11-12,15,18-19,21-22,25H,6-10,13-14,16-17,20H2,1-5H3,(H,33,38). The molecule has 0 unspecified atom stereocenters. The van der Waals surface area contributed by atoms with E-state index in [1.807, 2.05) is 28.6 Å². The van der Waals surface area contributed by atoms with Crippen LogP contribution in [0.2, 0.25) is 0 Å². The molecule has 3 aromatic rings. The largest absolute Gasteiger partial charge is 0.472 e. The number of carbonyl (C=O) groups is 2. The molecule has 9 nitrogen and oxygen atoms in total. The Morgan fingerprint density at radius 3 is 2.36 bits per heavy atom. The summed E-state index contributed by atoms with van der Waals surface area (Å²) in [7, 11) is 0.101. The maximum absolute atomic E-state index is 13.9. The normalized spacial score (nSPS) is 17.9. The lowest BCUT2D eigenvalue weighted by Crippen LogP contribution is -2.45. The number of hydrogen-bond donors (Lipinski definition) is 1. The molecule has 0 bridgehead atoms. The number of nitrogens with zero attached hydrogens (tertiary/aromatic N) is 3. The number of nitrogens with one attached hydrogen (secondary N) is 1. The molecule has 2 aromatic heterocycles. The van der Waals surface area contributed by atoms with Gasteiger partial charge in [-0.2, -0.15) is 0 Å². The summed E-state index contributed by atoms with van der Waals surface area (Å²) < 4.78 is 34.2. The number of rotatable bonds is 7. The van der Waals surface area contributed by atoms with Crippen LogP contribution in [0.4, 0.5) is 0 Å². The van der Waals surface area contributed by atoms with E-state index in [2.05, 4.69) is 16.7 Å². The molecule has 1 N–H and O–H groups in total. The van der Waals surface area contributed by atoms with E-state index in [0.29, 0.717) is 5.92 Å². The molecule has 1 aromatic carbocycles. The number of likely N-dealkylation sites (N-methyl/N-ethyl adjacent to an activating group) is 1. The summed E-state index contributed by atoms with van der Waals surface area (Å²) in [5.74, 6) is -0.361. The number of fused-ring (bicyclic) bond motifs is 1. The second kappa shape index (κ2) is 11.9. The Balaban J connectivity index is 1.61. The Labute approximate surface area is 249 Å². The minimum absolute atomic E-state index is 0.00607. The third kappa shape index (κ3) is 6.01. The smallest absolute Gasteiger partial charge is 0.264 e. The first-order chi connectivity index (χ1) is 19.9. The minimum Gasteiger partial charge on any atom is -0.472 e. The summed E-state index contributed by atoms with van der Waals surface area (Å²) in [5, 5.41) is 0.989. The minimum atomic E-state index is -3.89. The Kier molecular flexibility index (Phi) is 8.58. The van der Waals surface area contributed by atoms with Gasteiger partial charge in [0.25, 0.3) is 5.91 Å². The van der Waals surface area contributed by atoms with Crippen molar-refractivity contribution in [3.63, 3.8) is 0 Å². The molecule has 42 heavy (non-hydrogen) atoms. The van der Waals surface area contributed by atoms with Crippen molar-refractivity contribution < 1.29 is 22.4 Å². The molecule has 2 amide bonds. The van der Waals surface area contributed by atoms with Crippen molar-refractivity contribution in [3.8, 4) is 11.3 Å². The number of sulfonamides is 1. The van der Waals surface area contributed by atoms with Gasteiger partial charge in [-0.05, 0) is 96.3 Å². The molecule has 0 atom stereocenters. The van der Waals surface area contributed by atoms with Gasteiger partial charge in [-0.3, -0.25) is 9.59 Å². The zero-order chi connectivity index (χ0) is 30.2. The van der Waals surface area contributed by atoms with Crippen LogP contribution < -0.4 is 4.72 Å². The number of piperidine rings is 1. The van der Waals surface area contributed by atoms with Crippen LogP contribution in [0.5, 0.6) is 0 Å². The van der Waals surface area contributed by atoms with Gasteiger partial charge in [-0.15, -0.1) is 0 Å². The number of benzene rings is 1. The number of furan rings is 1. The van der Waals surface area contributed by atoms with Gasteiger partial charge in [0.2, 0.25) is 15.9 Å². The highest BCUT2D eigenvalue weighted by molar-refractivity contribution is 7.91. The van der Waals surface area contributed by atoms with E-state index in [0.717, 1.165) is 73.8 Å². The van der Waals surface area contributed by atoms with Gasteiger partial charge >= 0.3 is 0 Å². The summed E-state index contributed by atoms with van der Waals surface area (Å²) in [6.07, 6.45) is 10.8. The maximum atomic E-state index is 13.9. The zero-order valence-corrected chi connectivity index (χ0v) is 26.3. The molecule has 1 aliphatic carbocycles. The quantitative estimate of drug-likeness (QED) is 0.394. The molecule has 2 aliphatic rings. The van der Waals surface area contributed by atoms with Crippen LogP contribution in [0.15, 0.2) is 41.2 Å². The van der Waals surface area contributed by atoms with Crippen molar-refractivity contribution in [1.29, 1.82) is 0 Å². The zero-order valence-electron chi connectivity index (χ0n) is 25.5. The molecule has 0 spiro atoms. The van der Waals surface area contributed by atoms with E-state index in [9.17, 15) is 18.0 Å². The molecule has 2 fully saturated rings. The predicted molar refractivity (Wildman–Crippen MR) is 165 cm³/mol. The highest BCUT2D eigenvalue weighted by atomic mass is 32.2. The molecule has 1 saturated heterocycles. The van der Waals surface area contributed by atoms with E-state index in [1.54, 1.807) is 45.4 Å². The van der Waals surface area contributed by atoms with Gasteiger partial charge in [0.1, 0.15) is 6.54 Å². The van der Waals surface area contributed by atoms with Crippen LogP contribution >= 0.6 is 0 Å². The van der Waals surface area contributed by atoms with Crippen LogP contribution in [0.3, 0.4) is 0 Å². The Hall–Kier alpha value is -3.11. The van der Waals surface area contributed by atoms with E-state index in [4.69, 9.17) is 4.42 Å². The van der Waals surface area contributed by atoms with E-state index >= 15 is 0 Å². The van der Waals surface area contributed by atoms with Crippen molar-refractivity contribution in [1.82, 2.24) is 19.1 Å². The second-order valence-corrected chi connectivity index (χ2v) is 15.4. The fourth-order valence-electron chi connectivity index (χ4n) is 6.36. The van der Waals surface area contributed by atoms with Crippen LogP contribution in [0, 0.1) is 0 Å². The summed E-state index contributed by atoms with van der Waals surface area (Å²) in [6, 6.07) is 7.45. The third-order valence-corrected chi connectivity index (χ3v) is 11.2. The van der Waals surface area contributed by atoms with Gasteiger partial charge in [0.05, 0.1) is 28.5 Å². The number of aromatic nitrogens is 1. The lowest BCUT2D eigenvalue weighted by atomic mass is 9.82. The van der Waals surface area contributed by atoms with Crippen molar-refractivity contribution in [3.05, 3.63) is 47.9 Å². The Morgan fingerprint density at radius 1 is 1.05 bits per heavy atom. The highest BCUT2D eigenvalue weighted by Crippen LogP contribution is 2.44. The van der Waals surface area contributed by atoms with E-state index in [1.165, 1.54) is 12.0 Å². The number of amides is 2. The summed E-state index contributed by atoms with van der Waals surface area (Å²) >= 11 is 0. The van der Waals surface area contributed by atoms with Gasteiger partial charge in [-0.25, -0.2) is 13.1 Å². The number of hydrogen-bond acceptors (Lipinski definition) is 6. The summed E-state index contributed by atoms with van der Waals surface area (Å²) in [6.45, 7) is 6.68. The highest BCUT2D eigenvalue weighted by Gasteiger charge is 2.33. The fraction of sp³-hybridized carbons (Fsp3) is 0.562. The molecule has 0 radical (unpaired) electrons. The topological polar surface area (TPSA) is 105 Å². The first-order valence-electron chi connectivity index (χ1n) is 15.1. The average molecular weight is 597 g/mol. The SMILES string of the molecule is CN1CCC(N(C)C(=O)Cn2c(-c3ccoc3)c(C3CCCCC3)c3ccc(C(=O)NS(=O)(=O)C(C)(C)C)cc32)CC1. The summed E-state index contributed by atoms with van der Waals surface area (Å²) in [5.41, 5.74) is 3.99. The first-order valence-corrected chi connectivity index (χ1v) is 16.6. The molecular weight excluding hydrogens is 552 g/mol. The number of likely N-dealkylation sites (tertiary alicyclic amines) is 1. The van der Waals surface area contributed by atoms with Crippen LogP contribution in [0.1, 0.15) is 87.6 Å². The maximum Gasteiger partial charge on any atom is 0.264 e. The molecular formula is C32H44N4O5S. The molecule has 5 rings (SSSR count). The van der Waals surface area contributed by atoms with Gasteiger partial charge in [-0.1, -0.05) is 25.3 Å². The van der Waals surface area contributed by atoms with E-state index < -0.39 is 20.7 Å². The van der Waals surface area contributed by atoms with Gasteiger partial charge in [0, 0.05) is 29.6 Å². The van der Waals surface area contributed by atoms with Crippen molar-refractivity contribution >= 4 is 32.7 Å². The lowest BCUT2D eigenvalue weighted by molar-refractivity contribution is -0.133. The van der Waals surface area contributed by atoms with Crippen molar-refractivity contribution in [2.45, 2.75) is 89.0 Å².